The van der Waals surface area contributed by atoms with Crippen LogP contribution in [0.5, 0.6) is 0 Å². The molecular formula is C28H24N2O7. The summed E-state index contributed by atoms with van der Waals surface area (Å²) in [6.45, 7) is 4.01. The van der Waals surface area contributed by atoms with Crippen LogP contribution >= 0.6 is 0 Å². The predicted octanol–water partition coefficient (Wildman–Crippen LogP) is 5.10. The fraction of sp³-hybridized carbons (Fsp3) is 0.179. The van der Waals surface area contributed by atoms with Crippen LogP contribution in [0.2, 0.25) is 0 Å². The summed E-state index contributed by atoms with van der Waals surface area (Å²) in [5.74, 6) is -2.83. The molecule has 0 aromatic heterocycles. The number of anilines is 1. The first-order valence-corrected chi connectivity index (χ1v) is 11.6. The number of non-ortho nitro benzene ring substituents is 1. The van der Waals surface area contributed by atoms with Crippen LogP contribution in [0.4, 0.5) is 11.4 Å². The number of carbonyl (C=O) groups excluding carboxylic acids is 3. The number of nitro groups is 1. The van der Waals surface area contributed by atoms with Gasteiger partial charge in [-0.25, -0.2) is 4.79 Å². The van der Waals surface area contributed by atoms with Crippen molar-refractivity contribution in [2.75, 3.05) is 11.5 Å². The number of nitrogens with zero attached hydrogens (tertiary/aromatic N) is 2. The molecule has 1 N–H and O–H groups in total. The van der Waals surface area contributed by atoms with E-state index in [4.69, 9.17) is 4.74 Å². The second-order valence-electron chi connectivity index (χ2n) is 8.57. The summed E-state index contributed by atoms with van der Waals surface area (Å²) in [6.07, 6.45) is 0.676. The summed E-state index contributed by atoms with van der Waals surface area (Å²) in [7, 11) is 0. The normalized spacial score (nSPS) is 16.6. The molecule has 1 amide bonds. The van der Waals surface area contributed by atoms with Crippen LogP contribution in [-0.2, 0) is 14.3 Å². The minimum absolute atomic E-state index is 0.0406. The van der Waals surface area contributed by atoms with Gasteiger partial charge in [-0.3, -0.25) is 24.6 Å². The summed E-state index contributed by atoms with van der Waals surface area (Å²) in [6, 6.07) is 17.4. The molecule has 1 heterocycles. The molecule has 1 aliphatic heterocycles. The molecule has 1 fully saturated rings. The largest absolute Gasteiger partial charge is 0.507 e. The monoisotopic (exact) mass is 500 g/mol. The van der Waals surface area contributed by atoms with Crippen molar-refractivity contribution >= 4 is 34.8 Å². The molecule has 3 aromatic rings. The molecule has 9 nitrogen and oxygen atoms in total. The molecule has 3 aromatic carbocycles. The lowest BCUT2D eigenvalue weighted by Gasteiger charge is -2.26. The fourth-order valence-electron chi connectivity index (χ4n) is 4.21. The maximum atomic E-state index is 13.3. The van der Waals surface area contributed by atoms with Crippen molar-refractivity contribution < 1.29 is 29.2 Å². The van der Waals surface area contributed by atoms with Gasteiger partial charge in [0.25, 0.3) is 17.4 Å². The maximum absolute atomic E-state index is 13.3. The summed E-state index contributed by atoms with van der Waals surface area (Å²) >= 11 is 0. The number of ether oxygens (including phenoxy) is 1. The lowest BCUT2D eigenvalue weighted by Crippen LogP contribution is -2.29. The van der Waals surface area contributed by atoms with E-state index in [0.717, 1.165) is 11.6 Å². The van der Waals surface area contributed by atoms with Gasteiger partial charge in [0.2, 0.25) is 0 Å². The summed E-state index contributed by atoms with van der Waals surface area (Å²) < 4.78 is 5.15. The van der Waals surface area contributed by atoms with Crippen molar-refractivity contribution in [2.45, 2.75) is 26.3 Å². The quantitative estimate of drug-likeness (QED) is 0.119. The molecule has 1 aliphatic rings. The number of aliphatic hydroxyl groups excluding tert-OH is 1. The van der Waals surface area contributed by atoms with Gasteiger partial charge in [-0.1, -0.05) is 48.9 Å². The average molecular weight is 501 g/mol. The third-order valence-electron chi connectivity index (χ3n) is 5.95. The van der Waals surface area contributed by atoms with Gasteiger partial charge >= 0.3 is 5.97 Å². The van der Waals surface area contributed by atoms with Crippen LogP contribution in [0, 0.1) is 17.0 Å². The fourth-order valence-corrected chi connectivity index (χ4v) is 4.21. The number of aliphatic hydroxyl groups is 1. The molecule has 0 spiro atoms. The second-order valence-corrected chi connectivity index (χ2v) is 8.57. The van der Waals surface area contributed by atoms with Crippen LogP contribution in [0.3, 0.4) is 0 Å². The van der Waals surface area contributed by atoms with Crippen LogP contribution in [0.1, 0.15) is 46.4 Å². The van der Waals surface area contributed by atoms with E-state index in [0.29, 0.717) is 17.7 Å². The summed E-state index contributed by atoms with van der Waals surface area (Å²) in [5, 5.41) is 22.4. The van der Waals surface area contributed by atoms with Crippen molar-refractivity contribution in [2.24, 2.45) is 0 Å². The van der Waals surface area contributed by atoms with Gasteiger partial charge in [0, 0.05) is 23.4 Å². The molecule has 0 saturated carbocycles. The first-order valence-electron chi connectivity index (χ1n) is 11.6. The van der Waals surface area contributed by atoms with E-state index >= 15 is 0 Å². The highest BCUT2D eigenvalue weighted by molar-refractivity contribution is 6.51. The Morgan fingerprint density at radius 1 is 1.03 bits per heavy atom. The number of amides is 1. The van der Waals surface area contributed by atoms with Crippen molar-refractivity contribution in [3.63, 3.8) is 0 Å². The lowest BCUT2D eigenvalue weighted by molar-refractivity contribution is -0.384. The molecule has 1 unspecified atom stereocenters. The van der Waals surface area contributed by atoms with E-state index in [2.05, 4.69) is 0 Å². The molecule has 9 heteroatoms. The highest BCUT2D eigenvalue weighted by Gasteiger charge is 2.47. The van der Waals surface area contributed by atoms with Crippen LogP contribution in [-0.4, -0.2) is 34.3 Å². The number of hydrogen-bond acceptors (Lipinski definition) is 7. The van der Waals surface area contributed by atoms with E-state index in [-0.39, 0.29) is 29.0 Å². The number of carbonyl (C=O) groups is 3. The van der Waals surface area contributed by atoms with Crippen molar-refractivity contribution in [3.05, 3.63) is 111 Å². The molecule has 1 atom stereocenters. The lowest BCUT2D eigenvalue weighted by atomic mass is 9.94. The number of nitro benzene ring substituents is 1. The van der Waals surface area contributed by atoms with Crippen molar-refractivity contribution in [1.29, 1.82) is 0 Å². The third kappa shape index (κ3) is 4.97. The van der Waals surface area contributed by atoms with Gasteiger partial charge in [-0.05, 0) is 43.2 Å². The van der Waals surface area contributed by atoms with Crippen molar-refractivity contribution in [3.8, 4) is 0 Å². The zero-order valence-electron chi connectivity index (χ0n) is 20.2. The topological polar surface area (TPSA) is 127 Å². The number of esters is 1. The predicted molar refractivity (Wildman–Crippen MR) is 136 cm³/mol. The van der Waals surface area contributed by atoms with Gasteiger partial charge in [0.1, 0.15) is 5.76 Å². The number of benzene rings is 3. The minimum atomic E-state index is -1.00. The standard InChI is InChI=1S/C28H24N2O7/c1-3-14-37-28(34)18-10-12-21(13-11-18)29-24(19-7-4-6-17(2)15-19)23(26(32)27(29)33)25(31)20-8-5-9-22(16-20)30(35)36/h4-13,15-16,24,31H,3,14H2,1-2H3/b25-23-. The first-order chi connectivity index (χ1) is 17.7. The van der Waals surface area contributed by atoms with E-state index in [1.54, 1.807) is 18.2 Å². The van der Waals surface area contributed by atoms with Crippen molar-refractivity contribution in [1.82, 2.24) is 0 Å². The Kier molecular flexibility index (Phi) is 7.15. The second kappa shape index (κ2) is 10.4. The zero-order valence-corrected chi connectivity index (χ0v) is 20.2. The van der Waals surface area contributed by atoms with E-state index in [1.165, 1.54) is 47.4 Å². The summed E-state index contributed by atoms with van der Waals surface area (Å²) in [4.78, 5) is 50.7. The Morgan fingerprint density at radius 2 is 1.73 bits per heavy atom. The molecule has 0 aliphatic carbocycles. The number of aryl methyl sites for hydroxylation is 1. The molecule has 188 valence electrons. The van der Waals surface area contributed by atoms with Gasteiger partial charge < -0.3 is 9.84 Å². The number of ketones is 1. The van der Waals surface area contributed by atoms with Gasteiger partial charge in [0.15, 0.2) is 0 Å². The van der Waals surface area contributed by atoms with Crippen LogP contribution in [0.25, 0.3) is 5.76 Å². The molecule has 0 bridgehead atoms. The Balaban J connectivity index is 1.85. The average Bonchev–Trinajstić information content (AvgIpc) is 3.17. The smallest absolute Gasteiger partial charge is 0.338 e. The zero-order chi connectivity index (χ0) is 26.7. The third-order valence-corrected chi connectivity index (χ3v) is 5.95. The molecular weight excluding hydrogens is 476 g/mol. The molecule has 4 rings (SSSR count). The minimum Gasteiger partial charge on any atom is -0.507 e. The van der Waals surface area contributed by atoms with Gasteiger partial charge in [-0.15, -0.1) is 0 Å². The number of Topliss-reactive ketones (excluding diaryl/α,β-unsaturated/α-hetero) is 1. The van der Waals surface area contributed by atoms with Gasteiger partial charge in [0.05, 0.1) is 28.7 Å². The molecule has 37 heavy (non-hydrogen) atoms. The van der Waals surface area contributed by atoms with E-state index < -0.39 is 34.4 Å². The Bertz CT molecular complexity index is 1430. The SMILES string of the molecule is CCCOC(=O)c1ccc(N2C(=O)C(=O)/C(=C(\O)c3cccc([N+](=O)[O-])c3)C2c2cccc(C)c2)cc1. The Hall–Kier alpha value is -4.79. The number of rotatable bonds is 7. The highest BCUT2D eigenvalue weighted by Crippen LogP contribution is 2.42. The molecule has 0 radical (unpaired) electrons. The van der Waals surface area contributed by atoms with Gasteiger partial charge in [-0.2, -0.15) is 0 Å². The molecule has 1 saturated heterocycles. The maximum Gasteiger partial charge on any atom is 0.338 e. The van der Waals surface area contributed by atoms with E-state index in [9.17, 15) is 29.6 Å². The first kappa shape index (κ1) is 25.3. The van der Waals surface area contributed by atoms with Crippen LogP contribution in [0.15, 0.2) is 78.4 Å². The Labute approximate surface area is 212 Å². The van der Waals surface area contributed by atoms with Crippen LogP contribution < -0.4 is 4.90 Å². The van der Waals surface area contributed by atoms with E-state index in [1.807, 2.05) is 19.9 Å². The highest BCUT2D eigenvalue weighted by atomic mass is 16.6. The summed E-state index contributed by atoms with van der Waals surface area (Å²) in [5.41, 5.74) is 1.64. The number of hydrogen-bond donors (Lipinski definition) is 1. The Morgan fingerprint density at radius 3 is 2.38 bits per heavy atom.